The molecule has 23 heavy (non-hydrogen) atoms. The molecule has 0 aliphatic heterocycles. The number of carboxylic acid groups (broad SMARTS) is 1. The third-order valence-electron chi connectivity index (χ3n) is 3.37. The summed E-state index contributed by atoms with van der Waals surface area (Å²) in [5.41, 5.74) is 0.00780. The highest BCUT2D eigenvalue weighted by molar-refractivity contribution is 5.91. The Bertz CT molecular complexity index is 546. The second kappa shape index (κ2) is 11.2. The quantitative estimate of drug-likeness (QED) is 0.276. The van der Waals surface area contributed by atoms with Gasteiger partial charge in [0, 0.05) is 6.42 Å². The summed E-state index contributed by atoms with van der Waals surface area (Å²) >= 11 is 0. The molecule has 0 fully saturated rings. The van der Waals surface area contributed by atoms with Gasteiger partial charge in [-0.1, -0.05) is 56.2 Å². The lowest BCUT2D eigenvalue weighted by molar-refractivity contribution is -0.134. The average molecular weight is 316 g/mol. The number of esters is 1. The first-order valence-electron chi connectivity index (χ1n) is 7.95. The van der Waals surface area contributed by atoms with Crippen LogP contribution in [0.3, 0.4) is 0 Å². The predicted molar refractivity (Wildman–Crippen MR) is 90.7 cm³/mol. The maximum absolute atomic E-state index is 11.8. The lowest BCUT2D eigenvalue weighted by atomic mass is 10.1. The van der Waals surface area contributed by atoms with Gasteiger partial charge < -0.3 is 9.84 Å². The number of hydrogen-bond acceptors (Lipinski definition) is 3. The second-order valence-electron chi connectivity index (χ2n) is 5.25. The highest BCUT2D eigenvalue weighted by Gasteiger charge is 2.13. The van der Waals surface area contributed by atoms with Crippen LogP contribution in [0, 0.1) is 0 Å². The van der Waals surface area contributed by atoms with E-state index < -0.39 is 5.97 Å². The Morgan fingerprint density at radius 1 is 1.09 bits per heavy atom. The standard InChI is InChI=1S/C19H24O4/c1-2-3-4-5-6-7-8-9-10-15-18(20)23-17-14-12-11-13-16(17)19(21)22/h2-4,11-14H,1,5-10,15H2,(H,21,22)/b4-3-. The number of rotatable bonds is 11. The minimum absolute atomic E-state index is 0.00780. The van der Waals surface area contributed by atoms with Gasteiger partial charge in [-0.05, 0) is 31.4 Å². The molecule has 0 heterocycles. The van der Waals surface area contributed by atoms with E-state index in [1.165, 1.54) is 12.1 Å². The Labute approximate surface area is 137 Å². The van der Waals surface area contributed by atoms with Crippen molar-refractivity contribution in [2.24, 2.45) is 0 Å². The van der Waals surface area contributed by atoms with Crippen molar-refractivity contribution >= 4 is 11.9 Å². The number of ether oxygens (including phenoxy) is 1. The number of unbranched alkanes of at least 4 members (excludes halogenated alkanes) is 5. The van der Waals surface area contributed by atoms with Gasteiger partial charge in [-0.2, -0.15) is 0 Å². The Balaban J connectivity index is 2.19. The Hall–Kier alpha value is -2.36. The SMILES string of the molecule is C=C/C=C\CCCCCCCC(=O)Oc1ccccc1C(=O)O. The van der Waals surface area contributed by atoms with Crippen LogP contribution in [0.4, 0.5) is 0 Å². The Morgan fingerprint density at radius 2 is 1.78 bits per heavy atom. The molecule has 0 bridgehead atoms. The summed E-state index contributed by atoms with van der Waals surface area (Å²) in [5.74, 6) is -1.37. The van der Waals surface area contributed by atoms with Crippen molar-refractivity contribution in [1.82, 2.24) is 0 Å². The minimum Gasteiger partial charge on any atom is -0.478 e. The van der Waals surface area contributed by atoms with Crippen LogP contribution >= 0.6 is 0 Å². The van der Waals surface area contributed by atoms with E-state index in [9.17, 15) is 9.59 Å². The molecule has 0 unspecified atom stereocenters. The zero-order chi connectivity index (χ0) is 16.9. The van der Waals surface area contributed by atoms with Crippen molar-refractivity contribution in [1.29, 1.82) is 0 Å². The van der Waals surface area contributed by atoms with Crippen LogP contribution in [0.2, 0.25) is 0 Å². The zero-order valence-electron chi connectivity index (χ0n) is 13.4. The van der Waals surface area contributed by atoms with Gasteiger partial charge in [-0.3, -0.25) is 4.79 Å². The third-order valence-corrected chi connectivity index (χ3v) is 3.37. The maximum Gasteiger partial charge on any atom is 0.339 e. The van der Waals surface area contributed by atoms with Gasteiger partial charge in [-0.25, -0.2) is 4.79 Å². The fourth-order valence-corrected chi connectivity index (χ4v) is 2.16. The van der Waals surface area contributed by atoms with Crippen molar-refractivity contribution < 1.29 is 19.4 Å². The van der Waals surface area contributed by atoms with Gasteiger partial charge in [0.2, 0.25) is 0 Å². The summed E-state index contributed by atoms with van der Waals surface area (Å²) in [6.07, 6.45) is 12.3. The molecule has 1 rings (SSSR count). The molecule has 0 aliphatic rings. The summed E-state index contributed by atoms with van der Waals surface area (Å²) in [6, 6.07) is 6.17. The van der Waals surface area contributed by atoms with Crippen molar-refractivity contribution in [2.45, 2.75) is 44.9 Å². The molecule has 124 valence electrons. The molecular weight excluding hydrogens is 292 g/mol. The molecular formula is C19H24O4. The summed E-state index contributed by atoms with van der Waals surface area (Å²) in [5, 5.41) is 9.03. The Morgan fingerprint density at radius 3 is 2.52 bits per heavy atom. The lowest BCUT2D eigenvalue weighted by Crippen LogP contribution is -2.10. The molecule has 0 aliphatic carbocycles. The molecule has 0 saturated carbocycles. The van der Waals surface area contributed by atoms with Gasteiger partial charge in [0.1, 0.15) is 11.3 Å². The van der Waals surface area contributed by atoms with Gasteiger partial charge >= 0.3 is 11.9 Å². The zero-order valence-corrected chi connectivity index (χ0v) is 13.4. The van der Waals surface area contributed by atoms with Crippen LogP contribution in [0.1, 0.15) is 55.3 Å². The summed E-state index contributed by atoms with van der Waals surface area (Å²) < 4.78 is 5.14. The van der Waals surface area contributed by atoms with E-state index in [0.29, 0.717) is 6.42 Å². The van der Waals surface area contributed by atoms with E-state index in [0.717, 1.165) is 38.5 Å². The number of carbonyl (C=O) groups is 2. The van der Waals surface area contributed by atoms with E-state index in [1.54, 1.807) is 18.2 Å². The molecule has 0 amide bonds. The number of carboxylic acids is 1. The molecule has 0 aromatic heterocycles. The first-order chi connectivity index (χ1) is 11.1. The van der Waals surface area contributed by atoms with E-state index in [1.807, 2.05) is 6.08 Å². The van der Waals surface area contributed by atoms with E-state index in [4.69, 9.17) is 9.84 Å². The summed E-state index contributed by atoms with van der Waals surface area (Å²) in [7, 11) is 0. The third kappa shape index (κ3) is 8.00. The van der Waals surface area contributed by atoms with Crippen molar-refractivity contribution in [3.63, 3.8) is 0 Å². The van der Waals surface area contributed by atoms with E-state index in [2.05, 4.69) is 12.7 Å². The van der Waals surface area contributed by atoms with Crippen LogP contribution in [0.25, 0.3) is 0 Å². The molecule has 0 atom stereocenters. The fraction of sp³-hybridized carbons (Fsp3) is 0.368. The largest absolute Gasteiger partial charge is 0.478 e. The molecule has 4 nitrogen and oxygen atoms in total. The average Bonchev–Trinajstić information content (AvgIpc) is 2.53. The molecule has 1 aromatic carbocycles. The van der Waals surface area contributed by atoms with Gasteiger partial charge in [0.15, 0.2) is 0 Å². The normalized spacial score (nSPS) is 10.6. The van der Waals surface area contributed by atoms with Crippen LogP contribution in [-0.4, -0.2) is 17.0 Å². The van der Waals surface area contributed by atoms with Gasteiger partial charge in [-0.15, -0.1) is 0 Å². The lowest BCUT2D eigenvalue weighted by Gasteiger charge is -2.07. The number of aromatic carboxylic acids is 1. The van der Waals surface area contributed by atoms with Gasteiger partial charge in [0.05, 0.1) is 0 Å². The Kier molecular flexibility index (Phi) is 9.13. The van der Waals surface area contributed by atoms with E-state index >= 15 is 0 Å². The van der Waals surface area contributed by atoms with Gasteiger partial charge in [0.25, 0.3) is 0 Å². The second-order valence-corrected chi connectivity index (χ2v) is 5.25. The van der Waals surface area contributed by atoms with Crippen molar-refractivity contribution in [3.8, 4) is 5.75 Å². The minimum atomic E-state index is -1.10. The molecule has 0 saturated heterocycles. The molecule has 0 radical (unpaired) electrons. The molecule has 0 spiro atoms. The number of para-hydroxylation sites is 1. The van der Waals surface area contributed by atoms with Crippen molar-refractivity contribution in [3.05, 3.63) is 54.6 Å². The predicted octanol–water partition coefficient (Wildman–Crippen LogP) is 4.76. The topological polar surface area (TPSA) is 63.6 Å². The highest BCUT2D eigenvalue weighted by Crippen LogP contribution is 2.19. The van der Waals surface area contributed by atoms with Crippen molar-refractivity contribution in [2.75, 3.05) is 0 Å². The first kappa shape index (κ1) is 18.7. The summed E-state index contributed by atoms with van der Waals surface area (Å²) in [6.45, 7) is 3.62. The fourth-order valence-electron chi connectivity index (χ4n) is 2.16. The summed E-state index contributed by atoms with van der Waals surface area (Å²) in [4.78, 5) is 22.8. The number of benzene rings is 1. The number of allylic oxidation sites excluding steroid dienone is 3. The van der Waals surface area contributed by atoms with Crippen LogP contribution < -0.4 is 4.74 Å². The van der Waals surface area contributed by atoms with Crippen LogP contribution in [-0.2, 0) is 4.79 Å². The van der Waals surface area contributed by atoms with Crippen LogP contribution in [0.15, 0.2) is 49.1 Å². The smallest absolute Gasteiger partial charge is 0.339 e. The monoisotopic (exact) mass is 316 g/mol. The van der Waals surface area contributed by atoms with E-state index in [-0.39, 0.29) is 17.3 Å². The first-order valence-corrected chi connectivity index (χ1v) is 7.95. The molecule has 4 heteroatoms. The molecule has 1 N–H and O–H groups in total. The maximum atomic E-state index is 11.8. The number of hydrogen-bond donors (Lipinski definition) is 1. The highest BCUT2D eigenvalue weighted by atomic mass is 16.5. The van der Waals surface area contributed by atoms with Crippen LogP contribution in [0.5, 0.6) is 5.75 Å². The number of carbonyl (C=O) groups excluding carboxylic acids is 1. The molecule has 1 aromatic rings.